The number of nitrogens with one attached hydrogen (secondary N) is 3. The Balaban J connectivity index is 0.000000180. The van der Waals surface area contributed by atoms with Gasteiger partial charge in [-0.3, -0.25) is 14.5 Å². The van der Waals surface area contributed by atoms with Gasteiger partial charge in [0, 0.05) is 87.9 Å². The number of sulfonamides is 1. The number of aromatic amines is 2. The van der Waals surface area contributed by atoms with E-state index in [0.717, 1.165) is 140 Å². The number of benzene rings is 6. The summed E-state index contributed by atoms with van der Waals surface area (Å²) in [6.45, 7) is 18.4. The molecular formula is C57H68N10O4S. The molecule has 72 heavy (non-hydrogen) atoms. The molecule has 0 unspecified atom stereocenters. The van der Waals surface area contributed by atoms with E-state index in [2.05, 4.69) is 133 Å². The van der Waals surface area contributed by atoms with Gasteiger partial charge in [-0.15, -0.1) is 0 Å². The van der Waals surface area contributed by atoms with Crippen molar-refractivity contribution in [1.82, 2.24) is 29.7 Å². The molecule has 0 saturated carbocycles. The van der Waals surface area contributed by atoms with Crippen LogP contribution in [0.5, 0.6) is 11.5 Å². The molecule has 4 heterocycles. The van der Waals surface area contributed by atoms with Gasteiger partial charge in [0.1, 0.15) is 47.4 Å². The molecule has 6 aromatic carbocycles. The third-order valence-electron chi connectivity index (χ3n) is 13.6. The van der Waals surface area contributed by atoms with Crippen LogP contribution in [0.4, 0.5) is 22.7 Å². The van der Waals surface area contributed by atoms with Crippen molar-refractivity contribution in [1.29, 1.82) is 0 Å². The van der Waals surface area contributed by atoms with Crippen molar-refractivity contribution in [2.24, 2.45) is 0 Å². The molecule has 2 aromatic heterocycles. The van der Waals surface area contributed by atoms with Crippen molar-refractivity contribution >= 4 is 54.8 Å². The largest absolute Gasteiger partial charge is 0.492 e. The first-order valence-electron chi connectivity index (χ1n) is 25.4. The molecule has 0 atom stereocenters. The molecule has 2 saturated heterocycles. The molecule has 2 fully saturated rings. The second kappa shape index (κ2) is 23.0. The van der Waals surface area contributed by atoms with Gasteiger partial charge < -0.3 is 35.0 Å². The van der Waals surface area contributed by atoms with E-state index in [0.29, 0.717) is 18.9 Å². The summed E-state index contributed by atoms with van der Waals surface area (Å²) in [5, 5.41) is -0.484. The molecule has 0 spiro atoms. The Bertz CT molecular complexity index is 3100. The summed E-state index contributed by atoms with van der Waals surface area (Å²) in [7, 11) is -3.35. The summed E-state index contributed by atoms with van der Waals surface area (Å²) < 4.78 is 38.4. The molecule has 14 nitrogen and oxygen atoms in total. The van der Waals surface area contributed by atoms with Crippen LogP contribution in [0.3, 0.4) is 0 Å². The first-order valence-corrected chi connectivity index (χ1v) is 26.9. The Hall–Kier alpha value is -7.07. The lowest BCUT2D eigenvalue weighted by molar-refractivity contribution is 0.200. The summed E-state index contributed by atoms with van der Waals surface area (Å²) in [6, 6.07) is 44.7. The van der Waals surface area contributed by atoms with E-state index in [4.69, 9.17) is 25.2 Å². The van der Waals surface area contributed by atoms with Crippen LogP contribution in [0.25, 0.3) is 44.8 Å². The average molecular weight is 989 g/mol. The van der Waals surface area contributed by atoms with Gasteiger partial charge in [-0.1, -0.05) is 74.5 Å². The topological polar surface area (TPSA) is 161 Å². The van der Waals surface area contributed by atoms with Gasteiger partial charge in [0.05, 0.1) is 27.7 Å². The highest BCUT2D eigenvalue weighted by Crippen LogP contribution is 2.31. The quantitative estimate of drug-likeness (QED) is 0.0644. The lowest BCUT2D eigenvalue weighted by Gasteiger charge is -2.36. The molecule has 10 rings (SSSR count). The first-order chi connectivity index (χ1) is 35.0. The highest BCUT2D eigenvalue weighted by atomic mass is 32.2. The van der Waals surface area contributed by atoms with Crippen molar-refractivity contribution in [2.75, 3.05) is 98.9 Å². The molecule has 0 amide bonds. The molecular weight excluding hydrogens is 921 g/mol. The zero-order valence-corrected chi connectivity index (χ0v) is 42.8. The van der Waals surface area contributed by atoms with E-state index in [1.165, 1.54) is 22.5 Å². The molecule has 8 aromatic rings. The monoisotopic (exact) mass is 989 g/mol. The van der Waals surface area contributed by atoms with Crippen molar-refractivity contribution in [3.05, 3.63) is 145 Å². The number of anilines is 4. The van der Waals surface area contributed by atoms with E-state index >= 15 is 0 Å². The summed E-state index contributed by atoms with van der Waals surface area (Å²) in [6.07, 6.45) is 2.07. The maximum Gasteiger partial charge on any atom is 0.235 e. The molecule has 0 bridgehead atoms. The Kier molecular flexibility index (Phi) is 15.9. The minimum Gasteiger partial charge on any atom is -0.492 e. The lowest BCUT2D eigenvalue weighted by atomic mass is 10.1. The number of nitrogens with zero attached hydrogens (tertiary/aromatic N) is 6. The smallest absolute Gasteiger partial charge is 0.235 e. The first kappa shape index (κ1) is 49.9. The summed E-state index contributed by atoms with van der Waals surface area (Å²) in [5.41, 5.74) is 18.5. The fourth-order valence-electron chi connectivity index (χ4n) is 9.09. The zero-order valence-electron chi connectivity index (χ0n) is 42.0. The Morgan fingerprint density at radius 2 is 0.986 bits per heavy atom. The van der Waals surface area contributed by atoms with E-state index in [9.17, 15) is 8.42 Å². The maximum atomic E-state index is 12.0. The van der Waals surface area contributed by atoms with Crippen LogP contribution in [0.2, 0.25) is 0 Å². The number of hydrogen-bond donors (Lipinski definition) is 4. The van der Waals surface area contributed by atoms with Crippen molar-refractivity contribution in [3.8, 4) is 34.3 Å². The molecule has 0 radical (unpaired) electrons. The Labute approximate surface area is 424 Å². The minimum absolute atomic E-state index is 0.484. The number of rotatable bonds is 17. The van der Waals surface area contributed by atoms with Crippen LogP contribution in [-0.2, 0) is 22.9 Å². The number of fused-ring (bicyclic) bond motifs is 2. The Morgan fingerprint density at radius 1 is 0.569 bits per heavy atom. The number of ether oxygens (including phenoxy) is 2. The van der Waals surface area contributed by atoms with Crippen LogP contribution in [0.1, 0.15) is 38.8 Å². The number of piperazine rings is 2. The van der Waals surface area contributed by atoms with Gasteiger partial charge in [-0.25, -0.2) is 18.4 Å². The lowest BCUT2D eigenvalue weighted by Crippen LogP contribution is -2.47. The van der Waals surface area contributed by atoms with Gasteiger partial charge in [-0.2, -0.15) is 0 Å². The summed E-state index contributed by atoms with van der Waals surface area (Å²) >= 11 is 0. The number of nitrogens with two attached hydrogens (primary N) is 1. The number of hydrogen-bond acceptors (Lipinski definition) is 11. The third kappa shape index (κ3) is 12.3. The van der Waals surface area contributed by atoms with Crippen molar-refractivity contribution in [3.63, 3.8) is 0 Å². The number of aromatic nitrogens is 4. The number of nitrogen functional groups attached to an aromatic ring is 1. The van der Waals surface area contributed by atoms with E-state index < -0.39 is 15.3 Å². The maximum absolute atomic E-state index is 12.0. The van der Waals surface area contributed by atoms with Crippen molar-refractivity contribution in [2.45, 2.75) is 45.8 Å². The molecule has 376 valence electrons. The summed E-state index contributed by atoms with van der Waals surface area (Å²) in [5.74, 6) is 3.43. The standard InChI is InChI=1S/C30H37N5O3S.C27H31N5O/c1-4-23-8-10-24(11-9-23)30-31-27-6-5-7-28(29(27)32-30)35-18-16-34(17-19-35)20-21-38-26-14-12-25(13-15-26)33-39(36,37)22(2)3;1-2-20-6-8-21(9-7-20)27-29-24-4-3-5-25(26(24)30-27)32-16-14-31(15-17-32)18-19-33-23-12-10-22(28)11-13-23/h5-15,22,33H,4,16-21H2,1-3H3,(H,31,32);3-13H,2,14-19,28H2,1H3,(H,29,30). The highest BCUT2D eigenvalue weighted by molar-refractivity contribution is 7.93. The number of aryl methyl sites for hydroxylation is 2. The van der Waals surface area contributed by atoms with Crippen molar-refractivity contribution < 1.29 is 17.9 Å². The van der Waals surface area contributed by atoms with E-state index in [1.807, 2.05) is 24.3 Å². The molecule has 0 aliphatic carbocycles. The number of H-pyrrole nitrogens is 2. The van der Waals surface area contributed by atoms with Crippen LogP contribution in [-0.4, -0.2) is 122 Å². The summed E-state index contributed by atoms with van der Waals surface area (Å²) in [4.78, 5) is 26.7. The van der Waals surface area contributed by atoms with Crippen LogP contribution in [0.15, 0.2) is 133 Å². The fourth-order valence-corrected chi connectivity index (χ4v) is 9.79. The fraction of sp³-hybridized carbons (Fsp3) is 0.333. The predicted molar refractivity (Wildman–Crippen MR) is 295 cm³/mol. The SMILES string of the molecule is CCc1ccc(-c2nc3c(N4CCN(CCOc5ccc(N)cc5)CC4)cccc3[nH]2)cc1.CCc1ccc(-c2nc3c(N4CCN(CCOc5ccc(NS(=O)(=O)C(C)C)cc5)CC4)cccc3[nH]2)cc1. The van der Waals surface area contributed by atoms with Crippen LogP contribution >= 0.6 is 0 Å². The van der Waals surface area contributed by atoms with Gasteiger partial charge in [-0.05, 0) is 111 Å². The molecule has 5 N–H and O–H groups in total. The van der Waals surface area contributed by atoms with Gasteiger partial charge >= 0.3 is 0 Å². The minimum atomic E-state index is -3.35. The zero-order chi connectivity index (χ0) is 50.0. The normalized spacial score (nSPS) is 14.7. The average Bonchev–Trinajstić information content (AvgIpc) is 4.06. The van der Waals surface area contributed by atoms with Crippen LogP contribution < -0.4 is 29.7 Å². The molecule has 2 aliphatic heterocycles. The molecule has 15 heteroatoms. The van der Waals surface area contributed by atoms with E-state index in [1.54, 1.807) is 38.1 Å². The number of imidazole rings is 2. The molecule has 2 aliphatic rings. The second-order valence-corrected chi connectivity index (χ2v) is 21.0. The third-order valence-corrected chi connectivity index (χ3v) is 15.4. The van der Waals surface area contributed by atoms with Gasteiger partial charge in [0.25, 0.3) is 0 Å². The van der Waals surface area contributed by atoms with Gasteiger partial charge in [0.15, 0.2) is 0 Å². The van der Waals surface area contributed by atoms with E-state index in [-0.39, 0.29) is 0 Å². The highest BCUT2D eigenvalue weighted by Gasteiger charge is 2.23. The predicted octanol–water partition coefficient (Wildman–Crippen LogP) is 9.72. The van der Waals surface area contributed by atoms with Gasteiger partial charge in [0.2, 0.25) is 10.0 Å². The Morgan fingerprint density at radius 3 is 1.39 bits per heavy atom. The second-order valence-electron chi connectivity index (χ2n) is 18.8. The number of para-hydroxylation sites is 2. The van der Waals surface area contributed by atoms with Crippen LogP contribution in [0, 0.1) is 0 Å².